The van der Waals surface area contributed by atoms with Crippen LogP contribution in [0.4, 0.5) is 0 Å². The summed E-state index contributed by atoms with van der Waals surface area (Å²) in [6.45, 7) is 3.04. The Morgan fingerprint density at radius 3 is 2.65 bits per heavy atom. The van der Waals surface area contributed by atoms with Gasteiger partial charge in [0.2, 0.25) is 5.91 Å². The molecule has 0 aromatic rings. The van der Waals surface area contributed by atoms with Gasteiger partial charge < -0.3 is 10.0 Å². The number of hydrogen-bond donors (Lipinski definition) is 1. The number of amides is 1. The van der Waals surface area contributed by atoms with E-state index in [-0.39, 0.29) is 5.91 Å². The normalized spacial score (nSPS) is 27.8. The van der Waals surface area contributed by atoms with E-state index in [0.717, 1.165) is 30.8 Å². The van der Waals surface area contributed by atoms with Gasteiger partial charge >= 0.3 is 5.97 Å². The lowest BCUT2D eigenvalue weighted by molar-refractivity contribution is -0.149. The van der Waals surface area contributed by atoms with Gasteiger partial charge in [-0.2, -0.15) is 11.8 Å². The number of carboxylic acid groups (broad SMARTS) is 1. The number of carbonyl (C=O) groups is 2. The summed E-state index contributed by atoms with van der Waals surface area (Å²) < 4.78 is 0. The topological polar surface area (TPSA) is 57.6 Å². The van der Waals surface area contributed by atoms with Gasteiger partial charge in [0.1, 0.15) is 0 Å². The molecule has 0 aromatic heterocycles. The van der Waals surface area contributed by atoms with Crippen molar-refractivity contribution in [3.63, 3.8) is 0 Å². The van der Waals surface area contributed by atoms with Gasteiger partial charge in [0.25, 0.3) is 0 Å². The molecular formula is C15H25NO3S. The van der Waals surface area contributed by atoms with Crippen LogP contribution in [0.15, 0.2) is 0 Å². The fraction of sp³-hybridized carbons (Fsp3) is 0.867. The van der Waals surface area contributed by atoms with E-state index in [2.05, 4.69) is 0 Å². The molecule has 20 heavy (non-hydrogen) atoms. The Kier molecular flexibility index (Phi) is 5.35. The van der Waals surface area contributed by atoms with E-state index in [1.54, 1.807) is 4.90 Å². The lowest BCUT2D eigenvalue weighted by atomic mass is 9.83. The SMILES string of the molecule is CCCC1(C(=O)O)CCN(C(=O)CC2CCSCC2)C1. The molecule has 2 aliphatic rings. The Hall–Kier alpha value is -0.710. The summed E-state index contributed by atoms with van der Waals surface area (Å²) in [7, 11) is 0. The molecule has 2 saturated heterocycles. The van der Waals surface area contributed by atoms with E-state index >= 15 is 0 Å². The highest BCUT2D eigenvalue weighted by Crippen LogP contribution is 2.36. The van der Waals surface area contributed by atoms with Crippen LogP contribution >= 0.6 is 11.8 Å². The second-order valence-corrected chi connectivity index (χ2v) is 7.39. The minimum atomic E-state index is -0.733. The van der Waals surface area contributed by atoms with Gasteiger partial charge in [0, 0.05) is 19.5 Å². The molecule has 0 bridgehead atoms. The van der Waals surface area contributed by atoms with Crippen LogP contribution in [0.25, 0.3) is 0 Å². The number of carboxylic acids is 1. The van der Waals surface area contributed by atoms with Crippen molar-refractivity contribution >= 4 is 23.6 Å². The maximum Gasteiger partial charge on any atom is 0.311 e. The van der Waals surface area contributed by atoms with Crippen LogP contribution in [0.2, 0.25) is 0 Å². The summed E-state index contributed by atoms with van der Waals surface area (Å²) in [5.74, 6) is 2.26. The highest BCUT2D eigenvalue weighted by molar-refractivity contribution is 7.99. The number of thioether (sulfide) groups is 1. The first kappa shape index (κ1) is 15.7. The molecule has 1 N–H and O–H groups in total. The van der Waals surface area contributed by atoms with Crippen LogP contribution in [0.5, 0.6) is 0 Å². The first-order chi connectivity index (χ1) is 9.57. The van der Waals surface area contributed by atoms with Crippen LogP contribution < -0.4 is 0 Å². The average Bonchev–Trinajstić information content (AvgIpc) is 2.86. The number of likely N-dealkylation sites (tertiary alicyclic amines) is 1. The molecule has 0 spiro atoms. The van der Waals surface area contributed by atoms with E-state index in [1.807, 2.05) is 18.7 Å². The van der Waals surface area contributed by atoms with Crippen LogP contribution in [-0.4, -0.2) is 46.5 Å². The summed E-state index contributed by atoms with van der Waals surface area (Å²) in [5, 5.41) is 9.48. The molecule has 0 aliphatic carbocycles. The maximum atomic E-state index is 12.4. The number of carbonyl (C=O) groups excluding carboxylic acids is 1. The third-order valence-corrected chi connectivity index (χ3v) is 5.74. The van der Waals surface area contributed by atoms with Gasteiger partial charge in [-0.05, 0) is 43.1 Å². The minimum Gasteiger partial charge on any atom is -0.481 e. The third-order valence-electron chi connectivity index (χ3n) is 4.69. The molecule has 4 nitrogen and oxygen atoms in total. The van der Waals surface area contributed by atoms with Crippen molar-refractivity contribution in [2.75, 3.05) is 24.6 Å². The van der Waals surface area contributed by atoms with Crippen LogP contribution in [0, 0.1) is 11.3 Å². The van der Waals surface area contributed by atoms with Gasteiger partial charge in [-0.25, -0.2) is 0 Å². The van der Waals surface area contributed by atoms with Crippen molar-refractivity contribution in [3.8, 4) is 0 Å². The zero-order chi connectivity index (χ0) is 14.6. The molecule has 1 atom stereocenters. The first-order valence-electron chi connectivity index (χ1n) is 7.66. The maximum absolute atomic E-state index is 12.4. The number of rotatable bonds is 5. The molecule has 1 amide bonds. The zero-order valence-corrected chi connectivity index (χ0v) is 13.1. The molecule has 2 aliphatic heterocycles. The van der Waals surface area contributed by atoms with E-state index in [0.29, 0.717) is 38.3 Å². The molecule has 114 valence electrons. The minimum absolute atomic E-state index is 0.168. The molecule has 0 saturated carbocycles. The van der Waals surface area contributed by atoms with Crippen molar-refractivity contribution in [2.45, 2.75) is 45.4 Å². The zero-order valence-electron chi connectivity index (χ0n) is 12.3. The Labute approximate surface area is 125 Å². The average molecular weight is 299 g/mol. The predicted octanol–water partition coefficient (Wildman–Crippen LogP) is 2.62. The van der Waals surface area contributed by atoms with Gasteiger partial charge in [-0.15, -0.1) is 0 Å². The van der Waals surface area contributed by atoms with Crippen LogP contribution in [0.3, 0.4) is 0 Å². The fourth-order valence-electron chi connectivity index (χ4n) is 3.38. The Bertz CT molecular complexity index is 368. The van der Waals surface area contributed by atoms with Gasteiger partial charge in [0.15, 0.2) is 0 Å². The summed E-state index contributed by atoms with van der Waals surface area (Å²) in [5.41, 5.74) is -0.688. The van der Waals surface area contributed by atoms with E-state index in [4.69, 9.17) is 0 Å². The number of nitrogens with zero attached hydrogens (tertiary/aromatic N) is 1. The second kappa shape index (κ2) is 6.83. The molecule has 5 heteroatoms. The first-order valence-corrected chi connectivity index (χ1v) is 8.82. The lowest BCUT2D eigenvalue weighted by Crippen LogP contribution is -2.37. The van der Waals surface area contributed by atoms with Crippen molar-refractivity contribution in [3.05, 3.63) is 0 Å². The highest BCUT2D eigenvalue weighted by Gasteiger charge is 2.45. The van der Waals surface area contributed by atoms with Gasteiger partial charge in [-0.1, -0.05) is 13.3 Å². The molecule has 2 heterocycles. The monoisotopic (exact) mass is 299 g/mol. The Morgan fingerprint density at radius 1 is 1.35 bits per heavy atom. The molecular weight excluding hydrogens is 274 g/mol. The lowest BCUT2D eigenvalue weighted by Gasteiger charge is -2.26. The van der Waals surface area contributed by atoms with E-state index < -0.39 is 11.4 Å². The van der Waals surface area contributed by atoms with Crippen molar-refractivity contribution in [1.29, 1.82) is 0 Å². The van der Waals surface area contributed by atoms with Crippen LogP contribution in [-0.2, 0) is 9.59 Å². The summed E-state index contributed by atoms with van der Waals surface area (Å²) in [6.07, 6.45) is 5.01. The summed E-state index contributed by atoms with van der Waals surface area (Å²) in [4.78, 5) is 25.7. The third kappa shape index (κ3) is 3.48. The summed E-state index contributed by atoms with van der Waals surface area (Å²) >= 11 is 1.97. The van der Waals surface area contributed by atoms with E-state index in [9.17, 15) is 14.7 Å². The predicted molar refractivity (Wildman–Crippen MR) is 80.8 cm³/mol. The number of aliphatic carboxylic acids is 1. The molecule has 2 rings (SSSR count). The van der Waals surface area contributed by atoms with Crippen molar-refractivity contribution in [1.82, 2.24) is 4.90 Å². The van der Waals surface area contributed by atoms with Crippen LogP contribution in [0.1, 0.15) is 45.4 Å². The van der Waals surface area contributed by atoms with E-state index in [1.165, 1.54) is 0 Å². The molecule has 0 radical (unpaired) electrons. The quantitative estimate of drug-likeness (QED) is 0.848. The number of hydrogen-bond acceptors (Lipinski definition) is 3. The Morgan fingerprint density at radius 2 is 2.05 bits per heavy atom. The summed E-state index contributed by atoms with van der Waals surface area (Å²) in [6, 6.07) is 0. The fourth-order valence-corrected chi connectivity index (χ4v) is 4.58. The van der Waals surface area contributed by atoms with Gasteiger partial charge in [0.05, 0.1) is 5.41 Å². The van der Waals surface area contributed by atoms with Gasteiger partial charge in [-0.3, -0.25) is 9.59 Å². The molecule has 1 unspecified atom stereocenters. The second-order valence-electron chi connectivity index (χ2n) is 6.16. The largest absolute Gasteiger partial charge is 0.481 e. The smallest absolute Gasteiger partial charge is 0.311 e. The molecule has 2 fully saturated rings. The van der Waals surface area contributed by atoms with Crippen molar-refractivity contribution < 1.29 is 14.7 Å². The Balaban J connectivity index is 1.90. The van der Waals surface area contributed by atoms with Crippen molar-refractivity contribution in [2.24, 2.45) is 11.3 Å². The highest BCUT2D eigenvalue weighted by atomic mass is 32.2. The molecule has 0 aromatic carbocycles. The standard InChI is InChI=1S/C15H25NO3S/c1-2-5-15(14(18)19)6-7-16(11-15)13(17)10-12-3-8-20-9-4-12/h12H,2-11H2,1H3,(H,18,19).